The van der Waals surface area contributed by atoms with E-state index >= 15 is 0 Å². The van der Waals surface area contributed by atoms with Gasteiger partial charge in [-0.3, -0.25) is 9.59 Å². The van der Waals surface area contributed by atoms with Crippen LogP contribution in [0.25, 0.3) is 0 Å². The van der Waals surface area contributed by atoms with Crippen molar-refractivity contribution in [2.75, 3.05) is 32.8 Å². The summed E-state index contributed by atoms with van der Waals surface area (Å²) in [5.74, 6) is -0.323. The van der Waals surface area contributed by atoms with E-state index in [1.54, 1.807) is 24.0 Å². The van der Waals surface area contributed by atoms with Gasteiger partial charge in [-0.1, -0.05) is 19.1 Å². The molecular weight excluding hydrogens is 368 g/mol. The van der Waals surface area contributed by atoms with Crippen molar-refractivity contribution in [3.05, 3.63) is 29.3 Å². The highest BCUT2D eigenvalue weighted by Crippen LogP contribution is 2.38. The molecule has 1 aromatic carbocycles. The summed E-state index contributed by atoms with van der Waals surface area (Å²) in [5, 5.41) is 0. The number of hydrogen-bond donors (Lipinski definition) is 0. The average molecular weight is 394 g/mol. The smallest absolute Gasteiger partial charge is 0.309 e. The molecule has 1 aromatic rings. The molecule has 2 fully saturated rings. The normalized spacial score (nSPS) is 23.1. The van der Waals surface area contributed by atoms with Gasteiger partial charge < -0.3 is 9.64 Å². The Bertz CT molecular complexity index is 844. The van der Waals surface area contributed by atoms with Crippen LogP contribution in [0.2, 0.25) is 0 Å². The third-order valence-corrected chi connectivity index (χ3v) is 7.34. The minimum Gasteiger partial charge on any atom is -0.455 e. The van der Waals surface area contributed by atoms with Crippen LogP contribution in [-0.4, -0.2) is 62.3 Å². The summed E-state index contributed by atoms with van der Waals surface area (Å²) < 4.78 is 32.3. The van der Waals surface area contributed by atoms with Crippen LogP contribution < -0.4 is 0 Å². The minimum absolute atomic E-state index is 0.0719. The number of carbonyl (C=O) groups excluding carboxylic acids is 2. The minimum atomic E-state index is -3.59. The topological polar surface area (TPSA) is 84.0 Å². The van der Waals surface area contributed by atoms with E-state index in [0.29, 0.717) is 29.5 Å². The molecule has 27 heavy (non-hydrogen) atoms. The summed E-state index contributed by atoms with van der Waals surface area (Å²) in [6.07, 6.45) is 0.821. The third-order valence-electron chi connectivity index (χ3n) is 5.30. The third kappa shape index (κ3) is 4.32. The highest BCUT2D eigenvalue weighted by atomic mass is 32.2. The van der Waals surface area contributed by atoms with Crippen molar-refractivity contribution in [3.63, 3.8) is 0 Å². The lowest BCUT2D eigenvalue weighted by molar-refractivity contribution is -0.153. The van der Waals surface area contributed by atoms with E-state index in [4.69, 9.17) is 4.74 Å². The summed E-state index contributed by atoms with van der Waals surface area (Å²) in [4.78, 5) is 25.8. The van der Waals surface area contributed by atoms with Crippen molar-refractivity contribution in [1.82, 2.24) is 9.21 Å². The number of piperazine rings is 1. The van der Waals surface area contributed by atoms with Crippen molar-refractivity contribution in [3.8, 4) is 0 Å². The van der Waals surface area contributed by atoms with E-state index in [1.807, 2.05) is 19.9 Å². The molecular formula is C19H26N2O5S. The zero-order valence-electron chi connectivity index (χ0n) is 16.0. The van der Waals surface area contributed by atoms with Crippen molar-refractivity contribution < 1.29 is 22.7 Å². The van der Waals surface area contributed by atoms with Gasteiger partial charge in [0, 0.05) is 26.2 Å². The molecule has 1 amide bonds. The average Bonchev–Trinajstić information content (AvgIpc) is 3.38. The van der Waals surface area contributed by atoms with E-state index in [-0.39, 0.29) is 37.5 Å². The van der Waals surface area contributed by atoms with E-state index in [2.05, 4.69) is 0 Å². The fraction of sp³-hybridized carbons (Fsp3) is 0.579. The molecule has 1 aliphatic heterocycles. The maximum absolute atomic E-state index is 12.9. The SMILES string of the molecule is Cc1ccc(C)c(S(=O)(=O)N2CCN(C(=O)COC(=O)[C@H]3C[C@@H]3C)CC2)c1. The number of esters is 1. The van der Waals surface area contributed by atoms with E-state index in [1.165, 1.54) is 4.31 Å². The van der Waals surface area contributed by atoms with Gasteiger partial charge in [-0.2, -0.15) is 4.31 Å². The molecule has 148 valence electrons. The number of nitrogens with zero attached hydrogens (tertiary/aromatic N) is 2. The molecule has 3 rings (SSSR count). The lowest BCUT2D eigenvalue weighted by Gasteiger charge is -2.34. The molecule has 1 saturated heterocycles. The predicted octanol–water partition coefficient (Wildman–Crippen LogP) is 1.34. The maximum atomic E-state index is 12.9. The molecule has 0 spiro atoms. The summed E-state index contributed by atoms with van der Waals surface area (Å²) in [6.45, 7) is 6.39. The Hall–Kier alpha value is -1.93. The highest BCUT2D eigenvalue weighted by molar-refractivity contribution is 7.89. The van der Waals surface area contributed by atoms with Gasteiger partial charge in [0.05, 0.1) is 10.8 Å². The van der Waals surface area contributed by atoms with Gasteiger partial charge >= 0.3 is 5.97 Å². The molecule has 7 nitrogen and oxygen atoms in total. The van der Waals surface area contributed by atoms with Crippen LogP contribution in [0.4, 0.5) is 0 Å². The fourth-order valence-corrected chi connectivity index (χ4v) is 5.02. The number of amides is 1. The number of carbonyl (C=O) groups is 2. The maximum Gasteiger partial charge on any atom is 0.309 e. The molecule has 2 atom stereocenters. The van der Waals surface area contributed by atoms with Gasteiger partial charge in [0.1, 0.15) is 0 Å². The Morgan fingerprint density at radius 1 is 1.15 bits per heavy atom. The van der Waals surface area contributed by atoms with Crippen LogP contribution in [-0.2, 0) is 24.3 Å². The summed E-state index contributed by atoms with van der Waals surface area (Å²) >= 11 is 0. The van der Waals surface area contributed by atoms with Gasteiger partial charge in [0.15, 0.2) is 6.61 Å². The highest BCUT2D eigenvalue weighted by Gasteiger charge is 2.41. The Morgan fingerprint density at radius 3 is 2.37 bits per heavy atom. The molecule has 0 N–H and O–H groups in total. The Kier molecular flexibility index (Phi) is 5.58. The first kappa shape index (κ1) is 19.8. The predicted molar refractivity (Wildman–Crippen MR) is 99.5 cm³/mol. The summed E-state index contributed by atoms with van der Waals surface area (Å²) in [5.41, 5.74) is 1.60. The van der Waals surface area contributed by atoms with Crippen LogP contribution in [0.1, 0.15) is 24.5 Å². The standard InChI is InChI=1S/C19H26N2O5S/c1-13-4-5-14(2)17(10-13)27(24,25)21-8-6-20(7-9-21)18(22)12-26-19(23)16-11-15(16)3/h4-5,10,15-16H,6-9,11-12H2,1-3H3/t15-,16-/m0/s1. The largest absolute Gasteiger partial charge is 0.455 e. The molecule has 0 unspecified atom stereocenters. The molecule has 8 heteroatoms. The number of sulfonamides is 1. The number of rotatable bonds is 5. The first-order valence-electron chi connectivity index (χ1n) is 9.22. The van der Waals surface area contributed by atoms with Gasteiger partial charge in [-0.15, -0.1) is 0 Å². The van der Waals surface area contributed by atoms with Gasteiger partial charge in [-0.05, 0) is 43.4 Å². The Morgan fingerprint density at radius 2 is 1.78 bits per heavy atom. The van der Waals surface area contributed by atoms with Crippen molar-refractivity contribution in [2.45, 2.75) is 32.1 Å². The first-order valence-corrected chi connectivity index (χ1v) is 10.7. The second kappa shape index (κ2) is 7.59. The van der Waals surface area contributed by atoms with E-state index in [0.717, 1.165) is 12.0 Å². The number of aryl methyl sites for hydroxylation is 2. The second-order valence-corrected chi connectivity index (χ2v) is 9.39. The molecule has 0 aromatic heterocycles. The zero-order valence-corrected chi connectivity index (χ0v) is 16.8. The van der Waals surface area contributed by atoms with Gasteiger partial charge in [0.25, 0.3) is 5.91 Å². The van der Waals surface area contributed by atoms with Crippen LogP contribution in [0.5, 0.6) is 0 Å². The van der Waals surface area contributed by atoms with Crippen molar-refractivity contribution in [2.24, 2.45) is 11.8 Å². The van der Waals surface area contributed by atoms with Crippen LogP contribution in [0, 0.1) is 25.7 Å². The Labute approximate surface area is 160 Å². The summed E-state index contributed by atoms with van der Waals surface area (Å²) in [7, 11) is -3.59. The molecule has 1 saturated carbocycles. The number of benzene rings is 1. The molecule has 0 radical (unpaired) electrons. The lowest BCUT2D eigenvalue weighted by Crippen LogP contribution is -2.51. The van der Waals surface area contributed by atoms with Crippen LogP contribution in [0.15, 0.2) is 23.1 Å². The summed E-state index contributed by atoms with van der Waals surface area (Å²) in [6, 6.07) is 5.37. The van der Waals surface area contributed by atoms with Crippen molar-refractivity contribution in [1.29, 1.82) is 0 Å². The Balaban J connectivity index is 1.55. The van der Waals surface area contributed by atoms with Gasteiger partial charge in [0.2, 0.25) is 10.0 Å². The quantitative estimate of drug-likeness (QED) is 0.704. The second-order valence-electron chi connectivity index (χ2n) is 7.48. The molecule has 1 heterocycles. The zero-order chi connectivity index (χ0) is 19.8. The molecule has 0 bridgehead atoms. The van der Waals surface area contributed by atoms with Crippen LogP contribution >= 0.6 is 0 Å². The van der Waals surface area contributed by atoms with E-state index in [9.17, 15) is 18.0 Å². The first-order chi connectivity index (χ1) is 12.7. The number of ether oxygens (including phenoxy) is 1. The lowest BCUT2D eigenvalue weighted by atomic mass is 10.2. The van der Waals surface area contributed by atoms with Gasteiger partial charge in [-0.25, -0.2) is 8.42 Å². The molecule has 2 aliphatic rings. The van der Waals surface area contributed by atoms with E-state index < -0.39 is 10.0 Å². The fourth-order valence-electron chi connectivity index (χ4n) is 3.28. The molecule has 1 aliphatic carbocycles. The van der Waals surface area contributed by atoms with Crippen molar-refractivity contribution >= 4 is 21.9 Å². The monoisotopic (exact) mass is 394 g/mol. The van der Waals surface area contributed by atoms with Crippen LogP contribution in [0.3, 0.4) is 0 Å². The number of hydrogen-bond acceptors (Lipinski definition) is 5.